The van der Waals surface area contributed by atoms with Crippen molar-refractivity contribution in [2.75, 3.05) is 5.75 Å². The SMILES string of the molecule is CC(C)n1c(SCC(=O)NC(c2ccc(F)cc2)c2cccs2)nc2ccccc2c1=O. The van der Waals surface area contributed by atoms with Crippen LogP contribution in [0.2, 0.25) is 0 Å². The normalized spacial score (nSPS) is 12.2. The first-order valence-corrected chi connectivity index (χ1v) is 12.0. The zero-order chi connectivity index (χ0) is 22.7. The van der Waals surface area contributed by atoms with E-state index < -0.39 is 0 Å². The molecule has 0 saturated carbocycles. The summed E-state index contributed by atoms with van der Waals surface area (Å²) in [4.78, 5) is 31.4. The highest BCUT2D eigenvalue weighted by molar-refractivity contribution is 7.99. The molecule has 2 aromatic carbocycles. The number of para-hydroxylation sites is 1. The van der Waals surface area contributed by atoms with Gasteiger partial charge in [0.25, 0.3) is 5.56 Å². The van der Waals surface area contributed by atoms with E-state index in [-0.39, 0.29) is 35.1 Å². The molecule has 0 aliphatic heterocycles. The van der Waals surface area contributed by atoms with Crippen LogP contribution in [0.1, 0.15) is 36.4 Å². The van der Waals surface area contributed by atoms with E-state index in [0.717, 1.165) is 10.4 Å². The van der Waals surface area contributed by atoms with Crippen LogP contribution >= 0.6 is 23.1 Å². The number of nitrogens with zero attached hydrogens (tertiary/aromatic N) is 2. The predicted molar refractivity (Wildman–Crippen MR) is 128 cm³/mol. The Balaban J connectivity index is 1.56. The van der Waals surface area contributed by atoms with Gasteiger partial charge in [0, 0.05) is 10.9 Å². The second-order valence-electron chi connectivity index (χ2n) is 7.54. The molecule has 2 aromatic heterocycles. The number of nitrogens with one attached hydrogen (secondary N) is 1. The van der Waals surface area contributed by atoms with Gasteiger partial charge in [-0.2, -0.15) is 0 Å². The maximum atomic E-state index is 13.4. The van der Waals surface area contributed by atoms with Crippen molar-refractivity contribution in [1.29, 1.82) is 0 Å². The Morgan fingerprint density at radius 3 is 2.56 bits per heavy atom. The first-order valence-electron chi connectivity index (χ1n) is 10.2. The molecule has 5 nitrogen and oxygen atoms in total. The Labute approximate surface area is 193 Å². The minimum Gasteiger partial charge on any atom is -0.344 e. The lowest BCUT2D eigenvalue weighted by Crippen LogP contribution is -2.31. The van der Waals surface area contributed by atoms with E-state index in [1.165, 1.54) is 35.2 Å². The second kappa shape index (κ2) is 9.67. The summed E-state index contributed by atoms with van der Waals surface area (Å²) in [7, 11) is 0. The molecule has 0 spiro atoms. The molecule has 1 amide bonds. The van der Waals surface area contributed by atoms with Crippen LogP contribution in [0.15, 0.2) is 76.0 Å². The van der Waals surface area contributed by atoms with E-state index in [2.05, 4.69) is 10.3 Å². The van der Waals surface area contributed by atoms with Gasteiger partial charge in [0.15, 0.2) is 5.16 Å². The monoisotopic (exact) mass is 467 g/mol. The molecule has 1 unspecified atom stereocenters. The number of fused-ring (bicyclic) bond motifs is 1. The Kier molecular flexibility index (Phi) is 6.72. The molecular weight excluding hydrogens is 445 g/mol. The number of halogens is 1. The summed E-state index contributed by atoms with van der Waals surface area (Å²) in [5, 5.41) is 6.04. The average molecular weight is 468 g/mol. The molecule has 0 aliphatic rings. The molecule has 4 rings (SSSR count). The fourth-order valence-corrected chi connectivity index (χ4v) is 5.19. The molecule has 0 radical (unpaired) electrons. The minimum absolute atomic E-state index is 0.0942. The highest BCUT2D eigenvalue weighted by atomic mass is 32.2. The number of amides is 1. The van der Waals surface area contributed by atoms with Gasteiger partial charge in [0.05, 0.1) is 22.7 Å². The maximum absolute atomic E-state index is 13.4. The number of hydrogen-bond acceptors (Lipinski definition) is 5. The molecule has 8 heteroatoms. The van der Waals surface area contributed by atoms with E-state index in [9.17, 15) is 14.0 Å². The van der Waals surface area contributed by atoms with Gasteiger partial charge < -0.3 is 5.32 Å². The molecule has 0 saturated heterocycles. The number of aromatic nitrogens is 2. The first-order chi connectivity index (χ1) is 15.4. The van der Waals surface area contributed by atoms with Gasteiger partial charge in [-0.15, -0.1) is 11.3 Å². The molecule has 1 N–H and O–H groups in total. The summed E-state index contributed by atoms with van der Waals surface area (Å²) in [5.41, 5.74) is 1.30. The van der Waals surface area contributed by atoms with E-state index in [1.807, 2.05) is 43.5 Å². The number of hydrogen-bond donors (Lipinski definition) is 1. The second-order valence-corrected chi connectivity index (χ2v) is 9.46. The predicted octanol–water partition coefficient (Wildman–Crippen LogP) is 5.18. The van der Waals surface area contributed by atoms with Crippen molar-refractivity contribution in [1.82, 2.24) is 14.9 Å². The zero-order valence-corrected chi connectivity index (χ0v) is 19.3. The van der Waals surface area contributed by atoms with Crippen molar-refractivity contribution in [3.05, 3.63) is 92.7 Å². The van der Waals surface area contributed by atoms with Crippen LogP contribution < -0.4 is 10.9 Å². The lowest BCUT2D eigenvalue weighted by Gasteiger charge is -2.19. The van der Waals surface area contributed by atoms with Gasteiger partial charge in [-0.1, -0.05) is 42.1 Å². The summed E-state index contributed by atoms with van der Waals surface area (Å²) >= 11 is 2.76. The van der Waals surface area contributed by atoms with Crippen LogP contribution in [-0.4, -0.2) is 21.2 Å². The van der Waals surface area contributed by atoms with Crippen molar-refractivity contribution in [2.24, 2.45) is 0 Å². The highest BCUT2D eigenvalue weighted by Crippen LogP contribution is 2.27. The molecule has 0 aliphatic carbocycles. The fraction of sp³-hybridized carbons (Fsp3) is 0.208. The molecule has 4 aromatic rings. The van der Waals surface area contributed by atoms with Crippen molar-refractivity contribution in [2.45, 2.75) is 31.1 Å². The Bertz CT molecular complexity index is 1290. The van der Waals surface area contributed by atoms with Crippen LogP contribution in [-0.2, 0) is 4.79 Å². The molecular formula is C24H22FN3O2S2. The number of carbonyl (C=O) groups excluding carboxylic acids is 1. The van der Waals surface area contributed by atoms with Crippen LogP contribution in [0.4, 0.5) is 4.39 Å². The van der Waals surface area contributed by atoms with Gasteiger partial charge in [0.2, 0.25) is 5.91 Å². The molecule has 0 bridgehead atoms. The Hall–Kier alpha value is -2.97. The largest absolute Gasteiger partial charge is 0.344 e. The van der Waals surface area contributed by atoms with Crippen LogP contribution in [0, 0.1) is 5.82 Å². The number of thioether (sulfide) groups is 1. The van der Waals surface area contributed by atoms with Gasteiger partial charge in [-0.05, 0) is 55.1 Å². The third-order valence-corrected chi connectivity index (χ3v) is 6.85. The lowest BCUT2D eigenvalue weighted by molar-refractivity contribution is -0.119. The first kappa shape index (κ1) is 22.2. The maximum Gasteiger partial charge on any atom is 0.262 e. The van der Waals surface area contributed by atoms with Gasteiger partial charge in [-0.25, -0.2) is 9.37 Å². The molecule has 1 atom stereocenters. The van der Waals surface area contributed by atoms with Crippen LogP contribution in [0.5, 0.6) is 0 Å². The standard InChI is InChI=1S/C24H22FN3O2S2/c1-15(2)28-23(30)18-6-3-4-7-19(18)26-24(28)32-14-21(29)27-22(20-8-5-13-31-20)16-9-11-17(25)12-10-16/h3-13,15,22H,14H2,1-2H3,(H,27,29). The Morgan fingerprint density at radius 1 is 1.12 bits per heavy atom. The van der Waals surface area contributed by atoms with Crippen molar-refractivity contribution in [3.8, 4) is 0 Å². The van der Waals surface area contributed by atoms with Crippen molar-refractivity contribution >= 4 is 39.9 Å². The lowest BCUT2D eigenvalue weighted by atomic mass is 10.1. The minimum atomic E-state index is -0.374. The molecule has 32 heavy (non-hydrogen) atoms. The summed E-state index contributed by atoms with van der Waals surface area (Å²) in [6.45, 7) is 3.84. The number of rotatable bonds is 7. The summed E-state index contributed by atoms with van der Waals surface area (Å²) in [6.07, 6.45) is 0. The zero-order valence-electron chi connectivity index (χ0n) is 17.6. The summed E-state index contributed by atoms with van der Waals surface area (Å²) in [6, 6.07) is 16.7. The van der Waals surface area contributed by atoms with Crippen LogP contribution in [0.25, 0.3) is 10.9 Å². The van der Waals surface area contributed by atoms with Crippen LogP contribution in [0.3, 0.4) is 0 Å². The van der Waals surface area contributed by atoms with Crippen molar-refractivity contribution < 1.29 is 9.18 Å². The Morgan fingerprint density at radius 2 is 1.88 bits per heavy atom. The van der Waals surface area contributed by atoms with Gasteiger partial charge in [0.1, 0.15) is 5.82 Å². The number of benzene rings is 2. The van der Waals surface area contributed by atoms with Crippen molar-refractivity contribution in [3.63, 3.8) is 0 Å². The molecule has 2 heterocycles. The highest BCUT2D eigenvalue weighted by Gasteiger charge is 2.20. The molecule has 164 valence electrons. The topological polar surface area (TPSA) is 64.0 Å². The quantitative estimate of drug-likeness (QED) is 0.301. The van der Waals surface area contributed by atoms with Gasteiger partial charge in [-0.3, -0.25) is 14.2 Å². The smallest absolute Gasteiger partial charge is 0.262 e. The fourth-order valence-electron chi connectivity index (χ4n) is 3.44. The third-order valence-electron chi connectivity index (χ3n) is 4.96. The van der Waals surface area contributed by atoms with E-state index in [1.54, 1.807) is 28.8 Å². The van der Waals surface area contributed by atoms with E-state index >= 15 is 0 Å². The van der Waals surface area contributed by atoms with E-state index in [0.29, 0.717) is 16.1 Å². The summed E-state index contributed by atoms with van der Waals surface area (Å²) < 4.78 is 15.0. The average Bonchev–Trinajstić information content (AvgIpc) is 3.31. The third kappa shape index (κ3) is 4.76. The number of carbonyl (C=O) groups is 1. The van der Waals surface area contributed by atoms with Gasteiger partial charge >= 0.3 is 0 Å². The van der Waals surface area contributed by atoms with E-state index in [4.69, 9.17) is 0 Å². The summed E-state index contributed by atoms with van der Waals surface area (Å²) in [5.74, 6) is -0.425. The number of thiophene rings is 1. The molecule has 0 fully saturated rings.